The van der Waals surface area contributed by atoms with Crippen LogP contribution in [0.2, 0.25) is 5.02 Å². The highest BCUT2D eigenvalue weighted by Gasteiger charge is 2.23. The van der Waals surface area contributed by atoms with Gasteiger partial charge in [0.25, 0.3) is 0 Å². The zero-order valence-electron chi connectivity index (χ0n) is 9.87. The molecule has 0 aliphatic carbocycles. The van der Waals surface area contributed by atoms with Gasteiger partial charge in [0.05, 0.1) is 10.6 Å². The van der Waals surface area contributed by atoms with Crippen molar-refractivity contribution in [2.75, 3.05) is 6.79 Å². The maximum absolute atomic E-state index is 11.8. The zero-order chi connectivity index (χ0) is 12.6. The van der Waals surface area contributed by atoms with Gasteiger partial charge in [-0.25, -0.2) is 4.79 Å². The number of halogens is 1. The molecule has 0 N–H and O–H groups in total. The molecule has 1 aliphatic heterocycles. The monoisotopic (exact) mass is 256 g/mol. The Kier molecular flexibility index (Phi) is 2.91. The van der Waals surface area contributed by atoms with Crippen molar-refractivity contribution < 1.29 is 19.0 Å². The van der Waals surface area contributed by atoms with Crippen LogP contribution >= 0.6 is 11.6 Å². The van der Waals surface area contributed by atoms with E-state index in [4.69, 9.17) is 25.8 Å². The number of hydrogen-bond acceptors (Lipinski definition) is 4. The molecular weight excluding hydrogens is 244 g/mol. The number of esters is 1. The summed E-state index contributed by atoms with van der Waals surface area (Å²) in [4.78, 5) is 11.8. The van der Waals surface area contributed by atoms with Crippen LogP contribution in [0.15, 0.2) is 12.1 Å². The van der Waals surface area contributed by atoms with E-state index in [0.717, 1.165) is 0 Å². The minimum absolute atomic E-state index is 0.118. The van der Waals surface area contributed by atoms with Crippen LogP contribution in [0.1, 0.15) is 31.1 Å². The molecule has 0 amide bonds. The molecule has 5 heteroatoms. The van der Waals surface area contributed by atoms with E-state index >= 15 is 0 Å². The van der Waals surface area contributed by atoms with Gasteiger partial charge in [-0.05, 0) is 32.9 Å². The Bertz CT molecular complexity index is 462. The maximum atomic E-state index is 11.8. The highest BCUT2D eigenvalue weighted by Crippen LogP contribution is 2.40. The van der Waals surface area contributed by atoms with Crippen LogP contribution in [0, 0.1) is 0 Å². The number of hydrogen-bond donors (Lipinski definition) is 0. The number of carbonyl (C=O) groups is 1. The zero-order valence-corrected chi connectivity index (χ0v) is 10.6. The molecule has 92 valence electrons. The highest BCUT2D eigenvalue weighted by molar-refractivity contribution is 6.32. The van der Waals surface area contributed by atoms with Crippen molar-refractivity contribution in [1.82, 2.24) is 0 Å². The molecule has 0 fully saturated rings. The number of carbonyl (C=O) groups excluding carboxylic acids is 1. The molecule has 0 unspecified atom stereocenters. The van der Waals surface area contributed by atoms with Crippen molar-refractivity contribution >= 4 is 17.6 Å². The smallest absolute Gasteiger partial charge is 0.338 e. The summed E-state index contributed by atoms with van der Waals surface area (Å²) in [6.07, 6.45) is 0. The Labute approximate surface area is 104 Å². The average molecular weight is 257 g/mol. The summed E-state index contributed by atoms with van der Waals surface area (Å²) in [7, 11) is 0. The average Bonchev–Trinajstić information content (AvgIpc) is 2.63. The lowest BCUT2D eigenvalue weighted by Gasteiger charge is -2.19. The molecular formula is C12H13ClO4. The van der Waals surface area contributed by atoms with Gasteiger partial charge in [0.1, 0.15) is 5.60 Å². The lowest BCUT2D eigenvalue weighted by atomic mass is 10.1. The molecule has 2 rings (SSSR count). The number of fused-ring (bicyclic) bond motifs is 1. The van der Waals surface area contributed by atoms with Gasteiger partial charge in [-0.3, -0.25) is 0 Å². The highest BCUT2D eigenvalue weighted by atomic mass is 35.5. The fraction of sp³-hybridized carbons (Fsp3) is 0.417. The van der Waals surface area contributed by atoms with E-state index in [2.05, 4.69) is 0 Å². The predicted octanol–water partition coefficient (Wildman–Crippen LogP) is 3.02. The van der Waals surface area contributed by atoms with Crippen LogP contribution in [0.4, 0.5) is 0 Å². The molecule has 0 aromatic heterocycles. The molecule has 1 aromatic carbocycles. The van der Waals surface area contributed by atoms with Crippen LogP contribution in [-0.4, -0.2) is 18.4 Å². The van der Waals surface area contributed by atoms with Gasteiger partial charge < -0.3 is 14.2 Å². The first-order valence-corrected chi connectivity index (χ1v) is 5.57. The molecule has 1 heterocycles. The summed E-state index contributed by atoms with van der Waals surface area (Å²) in [5.74, 6) is 0.509. The van der Waals surface area contributed by atoms with Gasteiger partial charge in [-0.15, -0.1) is 0 Å². The molecule has 17 heavy (non-hydrogen) atoms. The second-order valence-corrected chi connectivity index (χ2v) is 5.10. The second kappa shape index (κ2) is 4.11. The Morgan fingerprint density at radius 1 is 1.35 bits per heavy atom. The maximum Gasteiger partial charge on any atom is 0.338 e. The van der Waals surface area contributed by atoms with E-state index in [1.54, 1.807) is 26.8 Å². The lowest BCUT2D eigenvalue weighted by molar-refractivity contribution is 0.00692. The Hall–Kier alpha value is -1.42. The van der Waals surface area contributed by atoms with Gasteiger partial charge in [0.2, 0.25) is 6.79 Å². The van der Waals surface area contributed by atoms with E-state index in [9.17, 15) is 4.79 Å². The minimum atomic E-state index is -0.542. The van der Waals surface area contributed by atoms with E-state index in [-0.39, 0.29) is 6.79 Å². The van der Waals surface area contributed by atoms with Crippen molar-refractivity contribution in [3.05, 3.63) is 22.7 Å². The molecule has 0 saturated carbocycles. The normalized spacial score (nSPS) is 13.6. The summed E-state index contributed by atoms with van der Waals surface area (Å²) in [5.41, 5.74) is -0.186. The van der Waals surface area contributed by atoms with Crippen molar-refractivity contribution in [3.63, 3.8) is 0 Å². The topological polar surface area (TPSA) is 44.8 Å². The third kappa shape index (κ3) is 2.64. The molecule has 0 saturated heterocycles. The van der Waals surface area contributed by atoms with Gasteiger partial charge >= 0.3 is 5.97 Å². The second-order valence-electron chi connectivity index (χ2n) is 4.69. The molecule has 1 aliphatic rings. The van der Waals surface area contributed by atoms with E-state index in [1.165, 1.54) is 6.07 Å². The molecule has 0 bridgehead atoms. The third-order valence-corrected chi connectivity index (χ3v) is 2.34. The quantitative estimate of drug-likeness (QED) is 0.725. The number of benzene rings is 1. The molecule has 0 atom stereocenters. The van der Waals surface area contributed by atoms with Crippen LogP contribution in [0.3, 0.4) is 0 Å². The van der Waals surface area contributed by atoms with Crippen LogP contribution in [0.5, 0.6) is 11.5 Å². The molecule has 0 spiro atoms. The van der Waals surface area contributed by atoms with E-state index in [0.29, 0.717) is 22.1 Å². The Morgan fingerprint density at radius 3 is 2.71 bits per heavy atom. The first kappa shape index (κ1) is 12.0. The van der Waals surface area contributed by atoms with Gasteiger partial charge in [-0.2, -0.15) is 0 Å². The fourth-order valence-corrected chi connectivity index (χ4v) is 1.69. The van der Waals surface area contributed by atoms with Gasteiger partial charge in [-0.1, -0.05) is 11.6 Å². The van der Waals surface area contributed by atoms with E-state index in [1.807, 2.05) is 0 Å². The fourth-order valence-electron chi connectivity index (χ4n) is 1.42. The summed E-state index contributed by atoms with van der Waals surface area (Å²) in [6, 6.07) is 3.09. The standard InChI is InChI=1S/C12H13ClO4/c1-12(2,3)17-11(14)7-4-8(13)10-9(5-7)15-6-16-10/h4-5H,6H2,1-3H3. The summed E-state index contributed by atoms with van der Waals surface area (Å²) in [6.45, 7) is 5.53. The molecule has 0 radical (unpaired) electrons. The van der Waals surface area contributed by atoms with Gasteiger partial charge in [0, 0.05) is 0 Å². The lowest BCUT2D eigenvalue weighted by Crippen LogP contribution is -2.23. The number of rotatable bonds is 1. The predicted molar refractivity (Wildman–Crippen MR) is 62.7 cm³/mol. The van der Waals surface area contributed by atoms with Gasteiger partial charge in [0.15, 0.2) is 11.5 Å². The minimum Gasteiger partial charge on any atom is -0.456 e. The van der Waals surface area contributed by atoms with Crippen LogP contribution in [0.25, 0.3) is 0 Å². The first-order chi connectivity index (χ1) is 7.87. The first-order valence-electron chi connectivity index (χ1n) is 5.19. The Balaban J connectivity index is 2.28. The van der Waals surface area contributed by atoms with Crippen molar-refractivity contribution in [2.24, 2.45) is 0 Å². The molecule has 1 aromatic rings. The van der Waals surface area contributed by atoms with Crippen LogP contribution < -0.4 is 9.47 Å². The Morgan fingerprint density at radius 2 is 2.06 bits per heavy atom. The molecule has 4 nitrogen and oxygen atoms in total. The van der Waals surface area contributed by atoms with Crippen molar-refractivity contribution in [1.29, 1.82) is 0 Å². The summed E-state index contributed by atoms with van der Waals surface area (Å²) in [5, 5.41) is 0.348. The summed E-state index contributed by atoms with van der Waals surface area (Å²) >= 11 is 5.98. The summed E-state index contributed by atoms with van der Waals surface area (Å²) < 4.78 is 15.6. The van der Waals surface area contributed by atoms with E-state index < -0.39 is 11.6 Å². The van der Waals surface area contributed by atoms with Crippen molar-refractivity contribution in [3.8, 4) is 11.5 Å². The largest absolute Gasteiger partial charge is 0.456 e. The SMILES string of the molecule is CC(C)(C)OC(=O)c1cc(Cl)c2c(c1)OCO2. The van der Waals surface area contributed by atoms with Crippen LogP contribution in [-0.2, 0) is 4.74 Å². The third-order valence-electron chi connectivity index (χ3n) is 2.06. The van der Waals surface area contributed by atoms with Crippen molar-refractivity contribution in [2.45, 2.75) is 26.4 Å². The number of ether oxygens (including phenoxy) is 3.